The van der Waals surface area contributed by atoms with Crippen LogP contribution in [0.2, 0.25) is 0 Å². The molecule has 2 amide bonds. The lowest BCUT2D eigenvalue weighted by atomic mass is 10.0. The van der Waals surface area contributed by atoms with E-state index in [4.69, 9.17) is 14.9 Å². The third-order valence-corrected chi connectivity index (χ3v) is 10.3. The fourth-order valence-corrected chi connectivity index (χ4v) is 6.66. The first-order chi connectivity index (χ1) is 28.3. The maximum Gasteiger partial charge on any atom is 0.328 e. The van der Waals surface area contributed by atoms with Crippen LogP contribution in [0, 0.1) is 0 Å². The fourth-order valence-electron chi connectivity index (χ4n) is 6.66. The van der Waals surface area contributed by atoms with Crippen LogP contribution in [0.5, 0.6) is 0 Å². The lowest BCUT2D eigenvalue weighted by Gasteiger charge is -2.18. The zero-order valence-corrected chi connectivity index (χ0v) is 37.0. The number of unbranched alkanes of at least 4 members (excludes halogenated alkanes) is 20. The Morgan fingerprint density at radius 2 is 0.948 bits per heavy atom. The van der Waals surface area contributed by atoms with Gasteiger partial charge in [0, 0.05) is 12.8 Å². The molecule has 0 aliphatic heterocycles. The summed E-state index contributed by atoms with van der Waals surface area (Å²) in [6.45, 7) is 3.45. The average Bonchev–Trinajstić information content (AvgIpc) is 3.21. The molecule has 9 nitrogen and oxygen atoms in total. The summed E-state index contributed by atoms with van der Waals surface area (Å²) in [4.78, 5) is 47.6. The summed E-state index contributed by atoms with van der Waals surface area (Å²) in [5.74, 6) is -2.33. The number of aliphatic hydroxyl groups excluding tert-OH is 1. The predicted molar refractivity (Wildman–Crippen MR) is 241 cm³/mol. The Morgan fingerprint density at radius 3 is 1.52 bits per heavy atom. The SMILES string of the molecule is CCCCC/C=C\C/C=C\C/C=C\CCCCCCCCC(=O)OC(CCC/C=C\CCCCCCCC)CCCCCCCC(=O)NCC(=O)NC(CO)C(=O)O. The lowest BCUT2D eigenvalue weighted by molar-refractivity contribution is -0.150. The van der Waals surface area contributed by atoms with Crippen molar-refractivity contribution in [2.24, 2.45) is 0 Å². The molecule has 0 aliphatic carbocycles. The number of carbonyl (C=O) groups is 4. The van der Waals surface area contributed by atoms with E-state index < -0.39 is 24.5 Å². The second kappa shape index (κ2) is 43.4. The normalized spacial score (nSPS) is 12.9. The first kappa shape index (κ1) is 54.8. The number of esters is 1. The van der Waals surface area contributed by atoms with Crippen molar-refractivity contribution in [3.8, 4) is 0 Å². The van der Waals surface area contributed by atoms with Crippen molar-refractivity contribution in [1.82, 2.24) is 10.6 Å². The maximum atomic E-state index is 12.8. The number of carboxylic acid groups (broad SMARTS) is 1. The van der Waals surface area contributed by atoms with E-state index in [9.17, 15) is 19.2 Å². The molecule has 0 aromatic rings. The van der Waals surface area contributed by atoms with Crippen LogP contribution in [0.3, 0.4) is 0 Å². The quantitative estimate of drug-likeness (QED) is 0.0273. The number of aliphatic carboxylic acids is 1. The van der Waals surface area contributed by atoms with Crippen molar-refractivity contribution in [3.63, 3.8) is 0 Å². The Morgan fingerprint density at radius 1 is 0.517 bits per heavy atom. The van der Waals surface area contributed by atoms with Crippen LogP contribution in [0.25, 0.3) is 0 Å². The van der Waals surface area contributed by atoms with E-state index in [1.807, 2.05) is 0 Å². The van der Waals surface area contributed by atoms with Crippen LogP contribution in [-0.4, -0.2) is 59.3 Å². The van der Waals surface area contributed by atoms with Gasteiger partial charge in [-0.2, -0.15) is 0 Å². The Hall–Kier alpha value is -3.20. The molecule has 0 bridgehead atoms. The summed E-state index contributed by atoms with van der Waals surface area (Å²) in [5.41, 5.74) is 0. The third kappa shape index (κ3) is 39.6. The molecule has 0 aliphatic rings. The predicted octanol–water partition coefficient (Wildman–Crippen LogP) is 11.9. The summed E-state index contributed by atoms with van der Waals surface area (Å²) in [6.07, 6.45) is 51.4. The number of ether oxygens (including phenoxy) is 1. The zero-order chi connectivity index (χ0) is 42.6. The number of rotatable bonds is 42. The summed E-state index contributed by atoms with van der Waals surface area (Å²) >= 11 is 0. The monoisotopic (exact) mass is 815 g/mol. The van der Waals surface area contributed by atoms with Gasteiger partial charge in [-0.05, 0) is 96.3 Å². The van der Waals surface area contributed by atoms with Gasteiger partial charge in [-0.1, -0.05) is 152 Å². The number of nitrogens with one attached hydrogen (secondary N) is 2. The van der Waals surface area contributed by atoms with Gasteiger partial charge in [0.2, 0.25) is 11.8 Å². The maximum absolute atomic E-state index is 12.8. The Bertz CT molecular complexity index is 1120. The molecule has 2 unspecified atom stereocenters. The van der Waals surface area contributed by atoms with E-state index in [1.165, 1.54) is 83.5 Å². The molecule has 9 heteroatoms. The Balaban J connectivity index is 4.32. The molecule has 0 radical (unpaired) electrons. The first-order valence-corrected chi connectivity index (χ1v) is 23.5. The largest absolute Gasteiger partial charge is 0.480 e. The van der Waals surface area contributed by atoms with Gasteiger partial charge in [0.25, 0.3) is 0 Å². The highest BCUT2D eigenvalue weighted by molar-refractivity contribution is 5.87. The lowest BCUT2D eigenvalue weighted by Crippen LogP contribution is -2.47. The molecule has 0 aromatic carbocycles. The number of allylic oxidation sites excluding steroid dienone is 8. The molecule has 0 aromatic heterocycles. The number of carbonyl (C=O) groups excluding carboxylic acids is 3. The van der Waals surface area contributed by atoms with E-state index >= 15 is 0 Å². The van der Waals surface area contributed by atoms with Crippen molar-refractivity contribution < 1.29 is 34.1 Å². The fraction of sp³-hybridized carbons (Fsp3) is 0.755. The van der Waals surface area contributed by atoms with Gasteiger partial charge in [0.1, 0.15) is 12.1 Å². The van der Waals surface area contributed by atoms with Gasteiger partial charge in [-0.15, -0.1) is 0 Å². The molecule has 58 heavy (non-hydrogen) atoms. The van der Waals surface area contributed by atoms with Crippen LogP contribution in [0.15, 0.2) is 48.6 Å². The van der Waals surface area contributed by atoms with E-state index in [0.29, 0.717) is 12.8 Å². The van der Waals surface area contributed by atoms with Gasteiger partial charge in [-0.25, -0.2) is 4.79 Å². The number of aliphatic hydroxyl groups is 1. The molecule has 0 spiro atoms. The van der Waals surface area contributed by atoms with Crippen LogP contribution in [0.4, 0.5) is 0 Å². The second-order valence-corrected chi connectivity index (χ2v) is 15.8. The molecule has 2 atom stereocenters. The van der Waals surface area contributed by atoms with Crippen LogP contribution in [0.1, 0.15) is 213 Å². The first-order valence-electron chi connectivity index (χ1n) is 23.5. The second-order valence-electron chi connectivity index (χ2n) is 15.8. The van der Waals surface area contributed by atoms with E-state index in [-0.39, 0.29) is 30.9 Å². The Kier molecular flexibility index (Phi) is 41.0. The molecule has 4 N–H and O–H groups in total. The molecular formula is C49H86N2O7. The van der Waals surface area contributed by atoms with E-state index in [1.54, 1.807) is 0 Å². The highest BCUT2D eigenvalue weighted by atomic mass is 16.5. The smallest absolute Gasteiger partial charge is 0.328 e. The number of amides is 2. The van der Waals surface area contributed by atoms with Crippen LogP contribution < -0.4 is 10.6 Å². The minimum absolute atomic E-state index is 0.0522. The van der Waals surface area contributed by atoms with E-state index in [0.717, 1.165) is 96.3 Å². The summed E-state index contributed by atoms with van der Waals surface area (Å²) < 4.78 is 6.02. The topological polar surface area (TPSA) is 142 Å². The zero-order valence-electron chi connectivity index (χ0n) is 37.0. The third-order valence-electron chi connectivity index (χ3n) is 10.3. The number of hydrogen-bond acceptors (Lipinski definition) is 6. The van der Waals surface area contributed by atoms with Crippen molar-refractivity contribution in [1.29, 1.82) is 0 Å². The highest BCUT2D eigenvalue weighted by Gasteiger charge is 2.19. The van der Waals surface area contributed by atoms with Gasteiger partial charge in [0.15, 0.2) is 0 Å². The molecule has 0 saturated carbocycles. The number of hydrogen-bond donors (Lipinski definition) is 4. The summed E-state index contributed by atoms with van der Waals surface area (Å²) in [5, 5.41) is 22.6. The van der Waals surface area contributed by atoms with Crippen LogP contribution >= 0.6 is 0 Å². The van der Waals surface area contributed by atoms with Crippen molar-refractivity contribution in [2.75, 3.05) is 13.2 Å². The van der Waals surface area contributed by atoms with Gasteiger partial charge in [0.05, 0.1) is 13.2 Å². The molecular weight excluding hydrogens is 729 g/mol. The van der Waals surface area contributed by atoms with Gasteiger partial charge < -0.3 is 25.6 Å². The summed E-state index contributed by atoms with van der Waals surface area (Å²) in [7, 11) is 0. The van der Waals surface area contributed by atoms with Gasteiger partial charge >= 0.3 is 11.9 Å². The Labute approximate surface area is 354 Å². The minimum Gasteiger partial charge on any atom is -0.480 e. The minimum atomic E-state index is -1.39. The van der Waals surface area contributed by atoms with Gasteiger partial charge in [-0.3, -0.25) is 14.4 Å². The molecule has 0 saturated heterocycles. The molecule has 334 valence electrons. The molecule has 0 heterocycles. The summed E-state index contributed by atoms with van der Waals surface area (Å²) in [6, 6.07) is -1.39. The number of carboxylic acids is 1. The van der Waals surface area contributed by atoms with Crippen molar-refractivity contribution >= 4 is 23.8 Å². The molecule has 0 rings (SSSR count). The van der Waals surface area contributed by atoms with E-state index in [2.05, 4.69) is 73.1 Å². The van der Waals surface area contributed by atoms with Crippen LogP contribution in [-0.2, 0) is 23.9 Å². The average molecular weight is 815 g/mol. The van der Waals surface area contributed by atoms with Crippen molar-refractivity contribution in [3.05, 3.63) is 48.6 Å². The highest BCUT2D eigenvalue weighted by Crippen LogP contribution is 2.18. The molecule has 0 fully saturated rings. The van der Waals surface area contributed by atoms with Crippen molar-refractivity contribution in [2.45, 2.75) is 225 Å². The standard InChI is InChI=1S/C49H86N2O7/c1-3-5-7-9-11-13-15-16-17-18-19-20-21-22-24-26-28-33-37-41-48(55)58-44(38-34-30-27-25-23-14-12-10-8-6-4-2)39-35-31-29-32-36-40-46(53)50-42-47(54)51-45(43-52)49(56)57/h11,13,16-17,19-20,25,27,44-45,52H,3-10,12,14-15,18,21-24,26,28-43H2,1-2H3,(H,50,53)(H,51,54)(H,56,57)/b13-11-,17-16-,20-19-,27-25-.